The van der Waals surface area contributed by atoms with Crippen molar-refractivity contribution in [2.75, 3.05) is 29.4 Å². The van der Waals surface area contributed by atoms with Gasteiger partial charge in [0.05, 0.1) is 23.9 Å². The second kappa shape index (κ2) is 5.79. The van der Waals surface area contributed by atoms with Gasteiger partial charge in [0.1, 0.15) is 0 Å². The average Bonchev–Trinajstić information content (AvgIpc) is 3.00. The number of rotatable bonds is 2. The van der Waals surface area contributed by atoms with Crippen LogP contribution >= 0.6 is 11.6 Å². The van der Waals surface area contributed by atoms with Gasteiger partial charge in [-0.2, -0.15) is 5.10 Å². The van der Waals surface area contributed by atoms with E-state index < -0.39 is 0 Å². The van der Waals surface area contributed by atoms with Crippen LogP contribution in [-0.2, 0) is 11.8 Å². The van der Waals surface area contributed by atoms with E-state index in [4.69, 9.17) is 11.6 Å². The number of piperazine rings is 1. The molecule has 0 unspecified atom stereocenters. The molecule has 0 radical (unpaired) electrons. The molecule has 1 aliphatic rings. The number of hydrogen-bond donors (Lipinski definition) is 0. The van der Waals surface area contributed by atoms with Crippen LogP contribution in [0.5, 0.6) is 0 Å². The Morgan fingerprint density at radius 2 is 2.08 bits per heavy atom. The predicted octanol–water partition coefficient (Wildman–Crippen LogP) is 2.47. The fraction of sp³-hybridized carbons (Fsp3) is 0.235. The molecule has 0 N–H and O–H groups in total. The summed E-state index contributed by atoms with van der Waals surface area (Å²) in [5, 5.41) is 5.80. The predicted molar refractivity (Wildman–Crippen MR) is 94.5 cm³/mol. The van der Waals surface area contributed by atoms with Crippen molar-refractivity contribution >= 4 is 39.8 Å². The van der Waals surface area contributed by atoms with Crippen LogP contribution < -0.4 is 9.80 Å². The summed E-state index contributed by atoms with van der Waals surface area (Å²) < 4.78 is 1.70. The molecule has 24 heavy (non-hydrogen) atoms. The molecular formula is C17H16ClN5O. The van der Waals surface area contributed by atoms with Gasteiger partial charge in [-0.15, -0.1) is 0 Å². The monoisotopic (exact) mass is 341 g/mol. The van der Waals surface area contributed by atoms with Crippen molar-refractivity contribution in [3.05, 3.63) is 47.9 Å². The summed E-state index contributed by atoms with van der Waals surface area (Å²) in [5.41, 5.74) is 2.69. The van der Waals surface area contributed by atoms with E-state index in [2.05, 4.69) is 15.0 Å². The van der Waals surface area contributed by atoms with Crippen LogP contribution in [0.15, 0.2) is 42.9 Å². The van der Waals surface area contributed by atoms with Gasteiger partial charge in [0.2, 0.25) is 5.91 Å². The first-order chi connectivity index (χ1) is 11.6. The van der Waals surface area contributed by atoms with Crippen LogP contribution in [0.2, 0.25) is 5.02 Å². The standard InChI is InChI=1S/C17H16ClN5O/c1-21-10-13(9-20-21)23-7-6-22(11-17(23)24)16-4-5-19-15-8-12(18)2-3-14(15)16/h2-5,8-10H,6-7,11H2,1H3. The van der Waals surface area contributed by atoms with Crippen LogP contribution in [0.1, 0.15) is 0 Å². The third-order valence-electron chi connectivity index (χ3n) is 4.25. The average molecular weight is 342 g/mol. The number of nitrogens with zero attached hydrogens (tertiary/aromatic N) is 5. The normalized spacial score (nSPS) is 15.3. The van der Waals surface area contributed by atoms with Gasteiger partial charge in [-0.05, 0) is 24.3 Å². The van der Waals surface area contributed by atoms with Gasteiger partial charge in [-0.1, -0.05) is 11.6 Å². The van der Waals surface area contributed by atoms with Crippen LogP contribution in [0, 0.1) is 0 Å². The van der Waals surface area contributed by atoms with Crippen LogP contribution in [0.3, 0.4) is 0 Å². The number of aromatic nitrogens is 3. The third kappa shape index (κ3) is 2.59. The zero-order valence-corrected chi connectivity index (χ0v) is 13.9. The van der Waals surface area contributed by atoms with Gasteiger partial charge in [-0.25, -0.2) is 0 Å². The molecule has 3 heterocycles. The van der Waals surface area contributed by atoms with Crippen LogP contribution in [0.25, 0.3) is 10.9 Å². The Hall–Kier alpha value is -2.60. The lowest BCUT2D eigenvalue weighted by Crippen LogP contribution is -2.50. The molecule has 0 bridgehead atoms. The van der Waals surface area contributed by atoms with Crippen LogP contribution in [-0.4, -0.2) is 40.3 Å². The highest BCUT2D eigenvalue weighted by Gasteiger charge is 2.26. The first-order valence-electron chi connectivity index (χ1n) is 7.70. The largest absolute Gasteiger partial charge is 0.360 e. The molecule has 3 aromatic rings. The Labute approximate surface area is 144 Å². The van der Waals surface area contributed by atoms with Gasteiger partial charge in [0.15, 0.2) is 0 Å². The maximum Gasteiger partial charge on any atom is 0.246 e. The number of benzene rings is 1. The lowest BCUT2D eigenvalue weighted by Gasteiger charge is -2.35. The zero-order chi connectivity index (χ0) is 16.7. The second-order valence-corrected chi connectivity index (χ2v) is 6.27. The lowest BCUT2D eigenvalue weighted by atomic mass is 10.1. The molecule has 0 spiro atoms. The Morgan fingerprint density at radius 1 is 1.21 bits per heavy atom. The highest BCUT2D eigenvalue weighted by molar-refractivity contribution is 6.31. The van der Waals surface area contributed by atoms with E-state index in [0.717, 1.165) is 28.8 Å². The van der Waals surface area contributed by atoms with Gasteiger partial charge < -0.3 is 9.80 Å². The first-order valence-corrected chi connectivity index (χ1v) is 8.08. The highest BCUT2D eigenvalue weighted by atomic mass is 35.5. The molecule has 2 aromatic heterocycles. The Bertz CT molecular complexity index is 922. The third-order valence-corrected chi connectivity index (χ3v) is 4.48. The molecule has 4 rings (SSSR count). The van der Waals surface area contributed by atoms with Crippen molar-refractivity contribution in [3.63, 3.8) is 0 Å². The number of amides is 1. The fourth-order valence-electron chi connectivity index (χ4n) is 3.08. The lowest BCUT2D eigenvalue weighted by molar-refractivity contribution is -0.117. The molecule has 0 atom stereocenters. The molecule has 122 valence electrons. The molecular weight excluding hydrogens is 326 g/mol. The number of carbonyl (C=O) groups excluding carboxylic acids is 1. The van der Waals surface area contributed by atoms with E-state index in [9.17, 15) is 4.79 Å². The van der Waals surface area contributed by atoms with E-state index >= 15 is 0 Å². The molecule has 7 heteroatoms. The summed E-state index contributed by atoms with van der Waals surface area (Å²) >= 11 is 6.05. The van der Waals surface area contributed by atoms with Gasteiger partial charge >= 0.3 is 0 Å². The molecule has 6 nitrogen and oxygen atoms in total. The van der Waals surface area contributed by atoms with E-state index in [-0.39, 0.29) is 5.91 Å². The second-order valence-electron chi connectivity index (χ2n) is 5.83. The Morgan fingerprint density at radius 3 is 2.83 bits per heavy atom. The van der Waals surface area contributed by atoms with Gasteiger partial charge in [0, 0.05) is 48.6 Å². The summed E-state index contributed by atoms with van der Waals surface area (Å²) in [6, 6.07) is 7.60. The van der Waals surface area contributed by atoms with Crippen molar-refractivity contribution in [3.8, 4) is 0 Å². The smallest absolute Gasteiger partial charge is 0.246 e. The van der Waals surface area contributed by atoms with E-state index in [0.29, 0.717) is 18.1 Å². The number of halogens is 1. The van der Waals surface area contributed by atoms with Crippen molar-refractivity contribution < 1.29 is 4.79 Å². The summed E-state index contributed by atoms with van der Waals surface area (Å²) in [4.78, 5) is 20.8. The number of hydrogen-bond acceptors (Lipinski definition) is 4. The summed E-state index contributed by atoms with van der Waals surface area (Å²) in [7, 11) is 1.85. The van der Waals surface area contributed by atoms with Gasteiger partial charge in [-0.3, -0.25) is 14.5 Å². The molecule has 1 saturated heterocycles. The SMILES string of the molecule is Cn1cc(N2CCN(c3ccnc4cc(Cl)ccc34)CC2=O)cn1. The quantitative estimate of drug-likeness (QED) is 0.718. The minimum Gasteiger partial charge on any atom is -0.360 e. The van der Waals surface area contributed by atoms with Crippen molar-refractivity contribution in [2.24, 2.45) is 7.05 Å². The topological polar surface area (TPSA) is 54.3 Å². The minimum absolute atomic E-state index is 0.0631. The highest BCUT2D eigenvalue weighted by Crippen LogP contribution is 2.29. The van der Waals surface area contributed by atoms with Crippen LogP contribution in [0.4, 0.5) is 11.4 Å². The van der Waals surface area contributed by atoms with Crippen molar-refractivity contribution in [1.82, 2.24) is 14.8 Å². The Kier molecular flexibility index (Phi) is 3.61. The number of carbonyl (C=O) groups is 1. The van der Waals surface area contributed by atoms with Crippen molar-refractivity contribution in [2.45, 2.75) is 0 Å². The molecule has 1 aliphatic heterocycles. The zero-order valence-electron chi connectivity index (χ0n) is 13.2. The number of anilines is 2. The van der Waals surface area contributed by atoms with E-state index in [1.807, 2.05) is 37.5 Å². The Balaban J connectivity index is 1.62. The first kappa shape index (κ1) is 15.0. The fourth-order valence-corrected chi connectivity index (χ4v) is 3.25. The van der Waals surface area contributed by atoms with Crippen molar-refractivity contribution in [1.29, 1.82) is 0 Å². The molecule has 0 aliphatic carbocycles. The molecule has 1 aromatic carbocycles. The number of aryl methyl sites for hydroxylation is 1. The minimum atomic E-state index is 0.0631. The molecule has 0 saturated carbocycles. The summed E-state index contributed by atoms with van der Waals surface area (Å²) in [5.74, 6) is 0.0631. The maximum absolute atomic E-state index is 12.6. The summed E-state index contributed by atoms with van der Waals surface area (Å²) in [6.45, 7) is 1.71. The van der Waals surface area contributed by atoms with E-state index in [1.165, 1.54) is 0 Å². The number of fused-ring (bicyclic) bond motifs is 1. The molecule has 1 fully saturated rings. The maximum atomic E-state index is 12.6. The van der Waals surface area contributed by atoms with Gasteiger partial charge in [0.25, 0.3) is 0 Å². The molecule has 1 amide bonds. The summed E-state index contributed by atoms with van der Waals surface area (Å²) in [6.07, 6.45) is 5.33. The van der Waals surface area contributed by atoms with E-state index in [1.54, 1.807) is 22.0 Å². The number of pyridine rings is 1.